The van der Waals surface area contributed by atoms with Gasteiger partial charge in [-0.3, -0.25) is 4.79 Å². The van der Waals surface area contributed by atoms with Crippen LogP contribution in [0.5, 0.6) is 0 Å². The summed E-state index contributed by atoms with van der Waals surface area (Å²) in [6.45, 7) is 14.1. The topological polar surface area (TPSA) is 20.3 Å². The van der Waals surface area contributed by atoms with Crippen molar-refractivity contribution in [2.75, 3.05) is 13.1 Å². The maximum Gasteiger partial charge on any atom is 0.223 e. The Hall–Kier alpha value is -1.31. The molecule has 2 heteroatoms. The Morgan fingerprint density at radius 2 is 2.10 bits per heavy atom. The number of hydrogen-bond donors (Lipinski definition) is 0. The second kappa shape index (κ2) is 8.21. The quantitative estimate of drug-likeness (QED) is 0.511. The number of hydrogen-bond acceptors (Lipinski definition) is 1. The van der Waals surface area contributed by atoms with Crippen molar-refractivity contribution in [3.63, 3.8) is 0 Å². The molecule has 1 atom stereocenters. The molecule has 1 aliphatic rings. The minimum atomic E-state index is 0.0775. The van der Waals surface area contributed by atoms with Crippen molar-refractivity contribution in [1.29, 1.82) is 0 Å². The van der Waals surface area contributed by atoms with E-state index in [-0.39, 0.29) is 5.41 Å². The summed E-state index contributed by atoms with van der Waals surface area (Å²) >= 11 is 0. The molecule has 1 amide bonds. The highest BCUT2D eigenvalue weighted by Gasteiger charge is 2.29. The van der Waals surface area contributed by atoms with Gasteiger partial charge in [-0.05, 0) is 30.6 Å². The molecule has 0 saturated carbocycles. The van der Waals surface area contributed by atoms with E-state index in [2.05, 4.69) is 51.3 Å². The van der Waals surface area contributed by atoms with E-state index in [1.165, 1.54) is 5.57 Å². The Bertz CT molecular complexity index is 412. The molecular weight excluding hydrogens is 258 g/mol. The normalized spacial score (nSPS) is 20.3. The lowest BCUT2D eigenvalue weighted by Crippen LogP contribution is -2.31. The van der Waals surface area contributed by atoms with Gasteiger partial charge in [-0.1, -0.05) is 64.2 Å². The molecule has 0 aromatic carbocycles. The summed E-state index contributed by atoms with van der Waals surface area (Å²) in [5.74, 6) is 0.864. The molecule has 1 heterocycles. The summed E-state index contributed by atoms with van der Waals surface area (Å²) in [7, 11) is 0. The lowest BCUT2D eigenvalue weighted by Gasteiger charge is -2.23. The third kappa shape index (κ3) is 6.33. The van der Waals surface area contributed by atoms with Crippen LogP contribution in [0.1, 0.15) is 53.4 Å². The number of amides is 1. The minimum Gasteiger partial charge on any atom is -0.342 e. The third-order valence-corrected chi connectivity index (χ3v) is 3.94. The van der Waals surface area contributed by atoms with Crippen molar-refractivity contribution >= 4 is 5.91 Å². The fourth-order valence-corrected chi connectivity index (χ4v) is 2.85. The predicted molar refractivity (Wildman–Crippen MR) is 91.1 cm³/mol. The molecule has 1 rings (SSSR count). The summed E-state index contributed by atoms with van der Waals surface area (Å²) in [4.78, 5) is 14.4. The van der Waals surface area contributed by atoms with E-state index in [1.54, 1.807) is 0 Å². The molecular formula is C19H31NO. The lowest BCUT2D eigenvalue weighted by atomic mass is 9.91. The van der Waals surface area contributed by atoms with Crippen LogP contribution >= 0.6 is 0 Å². The molecule has 0 spiro atoms. The number of rotatable bonds is 6. The Balaban J connectivity index is 2.57. The van der Waals surface area contributed by atoms with E-state index >= 15 is 0 Å². The summed E-state index contributed by atoms with van der Waals surface area (Å²) < 4.78 is 0. The second-order valence-corrected chi connectivity index (χ2v) is 7.09. The molecule has 1 saturated heterocycles. The van der Waals surface area contributed by atoms with Gasteiger partial charge in [-0.15, -0.1) is 0 Å². The Labute approximate surface area is 130 Å². The van der Waals surface area contributed by atoms with Gasteiger partial charge in [0.05, 0.1) is 0 Å². The highest BCUT2D eigenvalue weighted by Crippen LogP contribution is 2.28. The summed E-state index contributed by atoms with van der Waals surface area (Å²) in [6.07, 6.45) is 12.0. The first-order valence-corrected chi connectivity index (χ1v) is 8.11. The lowest BCUT2D eigenvalue weighted by molar-refractivity contribution is -0.132. The Kier molecular flexibility index (Phi) is 6.94. The molecule has 21 heavy (non-hydrogen) atoms. The highest BCUT2D eigenvalue weighted by molar-refractivity contribution is 5.77. The van der Waals surface area contributed by atoms with Gasteiger partial charge in [-0.2, -0.15) is 0 Å². The van der Waals surface area contributed by atoms with Crippen LogP contribution in [0.4, 0.5) is 0 Å². The van der Waals surface area contributed by atoms with Crippen molar-refractivity contribution < 1.29 is 4.79 Å². The van der Waals surface area contributed by atoms with Gasteiger partial charge in [0.25, 0.3) is 0 Å². The van der Waals surface area contributed by atoms with Crippen LogP contribution in [0.15, 0.2) is 36.5 Å². The van der Waals surface area contributed by atoms with Crippen LogP contribution < -0.4 is 0 Å². The van der Waals surface area contributed by atoms with Gasteiger partial charge in [0.15, 0.2) is 0 Å². The first kappa shape index (κ1) is 17.7. The van der Waals surface area contributed by atoms with Gasteiger partial charge >= 0.3 is 0 Å². The van der Waals surface area contributed by atoms with Gasteiger partial charge in [0, 0.05) is 19.5 Å². The smallest absolute Gasteiger partial charge is 0.223 e. The van der Waals surface area contributed by atoms with Crippen molar-refractivity contribution in [2.24, 2.45) is 11.3 Å². The molecule has 1 unspecified atom stereocenters. The zero-order valence-electron chi connectivity index (χ0n) is 14.2. The molecule has 0 N–H and O–H groups in total. The molecule has 0 aromatic rings. The minimum absolute atomic E-state index is 0.0775. The Morgan fingerprint density at radius 3 is 2.67 bits per heavy atom. The average Bonchev–Trinajstić information content (AvgIpc) is 2.86. The van der Waals surface area contributed by atoms with Gasteiger partial charge in [-0.25, -0.2) is 0 Å². The molecule has 0 aliphatic carbocycles. The fraction of sp³-hybridized carbons (Fsp3) is 0.632. The maximum absolute atomic E-state index is 12.3. The maximum atomic E-state index is 12.3. The molecule has 118 valence electrons. The number of allylic oxidation sites excluding steroid dienone is 4. The SMILES string of the molecule is C=C/C=C\C/C=C(\CC)C1CCN(C(=O)CC(C)(C)C)C1. The van der Waals surface area contributed by atoms with Crippen molar-refractivity contribution in [2.45, 2.75) is 53.4 Å². The van der Waals surface area contributed by atoms with Gasteiger partial charge in [0.2, 0.25) is 5.91 Å². The van der Waals surface area contributed by atoms with Crippen LogP contribution in [-0.4, -0.2) is 23.9 Å². The Morgan fingerprint density at radius 1 is 1.38 bits per heavy atom. The third-order valence-electron chi connectivity index (χ3n) is 3.94. The average molecular weight is 289 g/mol. The first-order valence-electron chi connectivity index (χ1n) is 8.11. The monoisotopic (exact) mass is 289 g/mol. The van der Waals surface area contributed by atoms with Crippen LogP contribution in [0.25, 0.3) is 0 Å². The predicted octanol–water partition coefficient (Wildman–Crippen LogP) is 4.74. The fourth-order valence-electron chi connectivity index (χ4n) is 2.85. The zero-order chi connectivity index (χ0) is 15.9. The molecule has 0 radical (unpaired) electrons. The molecule has 0 aromatic heterocycles. The van der Waals surface area contributed by atoms with Gasteiger partial charge in [0.1, 0.15) is 0 Å². The van der Waals surface area contributed by atoms with E-state index < -0.39 is 0 Å². The van der Waals surface area contributed by atoms with E-state index in [1.807, 2.05) is 12.2 Å². The van der Waals surface area contributed by atoms with E-state index in [0.29, 0.717) is 18.2 Å². The van der Waals surface area contributed by atoms with Crippen LogP contribution in [0.3, 0.4) is 0 Å². The number of carbonyl (C=O) groups is 1. The largest absolute Gasteiger partial charge is 0.342 e. The molecule has 1 aliphatic heterocycles. The number of nitrogens with zero attached hydrogens (tertiary/aromatic N) is 1. The molecule has 0 bridgehead atoms. The van der Waals surface area contributed by atoms with Gasteiger partial charge < -0.3 is 4.90 Å². The van der Waals surface area contributed by atoms with Crippen LogP contribution in [0, 0.1) is 11.3 Å². The highest BCUT2D eigenvalue weighted by atomic mass is 16.2. The van der Waals surface area contributed by atoms with E-state index in [0.717, 1.165) is 32.4 Å². The van der Waals surface area contributed by atoms with E-state index in [9.17, 15) is 4.79 Å². The second-order valence-electron chi connectivity index (χ2n) is 7.09. The number of likely N-dealkylation sites (tertiary alicyclic amines) is 1. The van der Waals surface area contributed by atoms with E-state index in [4.69, 9.17) is 0 Å². The van der Waals surface area contributed by atoms with Crippen LogP contribution in [-0.2, 0) is 4.79 Å². The first-order chi connectivity index (χ1) is 9.87. The standard InChI is InChI=1S/C19H31NO/c1-6-8-9-10-11-16(7-2)17-12-13-20(15-17)18(21)14-19(3,4)5/h6,8-9,11,17H,1,7,10,12-15H2,2-5H3/b9-8-,16-11+. The van der Waals surface area contributed by atoms with Crippen molar-refractivity contribution in [3.8, 4) is 0 Å². The molecule has 1 fully saturated rings. The van der Waals surface area contributed by atoms with Crippen molar-refractivity contribution in [3.05, 3.63) is 36.5 Å². The zero-order valence-corrected chi connectivity index (χ0v) is 14.2. The molecule has 2 nitrogen and oxygen atoms in total. The summed E-state index contributed by atoms with van der Waals surface area (Å²) in [6, 6.07) is 0. The summed E-state index contributed by atoms with van der Waals surface area (Å²) in [5.41, 5.74) is 1.57. The van der Waals surface area contributed by atoms with Crippen LogP contribution in [0.2, 0.25) is 0 Å². The number of carbonyl (C=O) groups excluding carboxylic acids is 1. The summed E-state index contributed by atoms with van der Waals surface area (Å²) in [5, 5.41) is 0. The van der Waals surface area contributed by atoms with Crippen molar-refractivity contribution in [1.82, 2.24) is 4.90 Å².